The normalized spacial score (nSPS) is 10.6. The van der Waals surface area contributed by atoms with Crippen LogP contribution in [0.25, 0.3) is 5.82 Å². The van der Waals surface area contributed by atoms with Gasteiger partial charge in [-0.1, -0.05) is 17.7 Å². The molecular weight excluding hydrogens is 364 g/mol. The predicted octanol–water partition coefficient (Wildman–Crippen LogP) is 4.28. The van der Waals surface area contributed by atoms with Gasteiger partial charge in [0.05, 0.1) is 0 Å². The number of hydrogen-bond acceptors (Lipinski definition) is 5. The van der Waals surface area contributed by atoms with Crippen molar-refractivity contribution in [2.75, 3.05) is 10.6 Å². The molecule has 4 aromatic rings. The van der Waals surface area contributed by atoms with E-state index in [1.807, 2.05) is 74.6 Å². The molecule has 7 nitrogen and oxygen atoms in total. The first-order chi connectivity index (χ1) is 14.1. The minimum Gasteiger partial charge on any atom is -0.340 e. The van der Waals surface area contributed by atoms with E-state index in [1.54, 1.807) is 10.9 Å². The molecule has 29 heavy (non-hydrogen) atoms. The predicted molar refractivity (Wildman–Crippen MR) is 113 cm³/mol. The summed E-state index contributed by atoms with van der Waals surface area (Å²) in [4.78, 5) is 21.0. The number of aryl methyl sites for hydroxylation is 2. The number of rotatable bonds is 5. The summed E-state index contributed by atoms with van der Waals surface area (Å²) in [7, 11) is 0. The zero-order valence-corrected chi connectivity index (χ0v) is 16.1. The van der Waals surface area contributed by atoms with E-state index in [0.29, 0.717) is 17.2 Å². The fourth-order valence-electron chi connectivity index (χ4n) is 2.91. The van der Waals surface area contributed by atoms with Gasteiger partial charge in [-0.3, -0.25) is 4.79 Å². The highest BCUT2D eigenvalue weighted by molar-refractivity contribution is 6.05. The van der Waals surface area contributed by atoms with Crippen molar-refractivity contribution in [3.05, 3.63) is 90.0 Å². The summed E-state index contributed by atoms with van der Waals surface area (Å²) >= 11 is 0. The molecule has 7 heteroatoms. The summed E-state index contributed by atoms with van der Waals surface area (Å²) in [6.07, 6.45) is 5.00. The van der Waals surface area contributed by atoms with Gasteiger partial charge in [0.1, 0.15) is 12.1 Å². The van der Waals surface area contributed by atoms with Crippen LogP contribution in [0.4, 0.5) is 17.2 Å². The minimum atomic E-state index is -0.119. The Hall–Kier alpha value is -4.00. The highest BCUT2D eigenvalue weighted by atomic mass is 16.1. The van der Waals surface area contributed by atoms with Gasteiger partial charge in [-0.2, -0.15) is 5.10 Å². The zero-order valence-electron chi connectivity index (χ0n) is 16.1. The molecule has 0 bridgehead atoms. The standard InChI is InChI=1S/C22H20N6O/c1-15-4-5-16(2)19(12-15)22(29)27-18-8-6-17(7-9-18)26-20-13-21(24-14-23-20)28-11-3-10-25-28/h3-14H,1-2H3,(H,27,29)(H,23,24,26). The number of anilines is 3. The summed E-state index contributed by atoms with van der Waals surface area (Å²) in [5, 5.41) is 10.3. The number of hydrogen-bond donors (Lipinski definition) is 2. The summed E-state index contributed by atoms with van der Waals surface area (Å²) in [5.74, 6) is 1.20. The number of nitrogens with one attached hydrogen (secondary N) is 2. The molecule has 0 saturated heterocycles. The lowest BCUT2D eigenvalue weighted by molar-refractivity contribution is 0.102. The molecule has 0 aliphatic heterocycles. The molecule has 4 rings (SSSR count). The second-order valence-corrected chi connectivity index (χ2v) is 6.69. The molecule has 2 N–H and O–H groups in total. The number of nitrogens with zero attached hydrogens (tertiary/aromatic N) is 4. The fraction of sp³-hybridized carbons (Fsp3) is 0.0909. The Labute approximate surface area is 168 Å². The Bertz CT molecular complexity index is 1140. The summed E-state index contributed by atoms with van der Waals surface area (Å²) in [6.45, 7) is 3.90. The van der Waals surface area contributed by atoms with E-state index < -0.39 is 0 Å². The number of carbonyl (C=O) groups is 1. The van der Waals surface area contributed by atoms with Crippen molar-refractivity contribution in [3.8, 4) is 5.82 Å². The Kier molecular flexibility index (Phi) is 5.03. The number of amides is 1. The van der Waals surface area contributed by atoms with Crippen LogP contribution in [-0.4, -0.2) is 25.7 Å². The molecule has 2 aromatic carbocycles. The number of benzene rings is 2. The third-order valence-corrected chi connectivity index (χ3v) is 4.44. The van der Waals surface area contributed by atoms with E-state index in [-0.39, 0.29) is 5.91 Å². The van der Waals surface area contributed by atoms with Crippen LogP contribution in [0.15, 0.2) is 73.3 Å². The van der Waals surface area contributed by atoms with Gasteiger partial charge in [0.25, 0.3) is 5.91 Å². The fourth-order valence-corrected chi connectivity index (χ4v) is 2.91. The van der Waals surface area contributed by atoms with Crippen LogP contribution >= 0.6 is 0 Å². The number of carbonyl (C=O) groups excluding carboxylic acids is 1. The average molecular weight is 384 g/mol. The van der Waals surface area contributed by atoms with E-state index in [4.69, 9.17) is 0 Å². The lowest BCUT2D eigenvalue weighted by atomic mass is 10.1. The SMILES string of the molecule is Cc1ccc(C)c(C(=O)Nc2ccc(Nc3cc(-n4cccn4)ncn3)cc2)c1. The van der Waals surface area contributed by atoms with Crippen molar-refractivity contribution in [3.63, 3.8) is 0 Å². The van der Waals surface area contributed by atoms with Crippen LogP contribution in [-0.2, 0) is 0 Å². The molecular formula is C22H20N6O. The maximum absolute atomic E-state index is 12.6. The first-order valence-electron chi connectivity index (χ1n) is 9.16. The van der Waals surface area contributed by atoms with Crippen LogP contribution in [0.1, 0.15) is 21.5 Å². The quantitative estimate of drug-likeness (QED) is 0.537. The molecule has 0 aliphatic rings. The van der Waals surface area contributed by atoms with Gasteiger partial charge < -0.3 is 10.6 Å². The van der Waals surface area contributed by atoms with Crippen LogP contribution in [0.3, 0.4) is 0 Å². The van der Waals surface area contributed by atoms with Crippen molar-refractivity contribution in [1.82, 2.24) is 19.7 Å². The maximum Gasteiger partial charge on any atom is 0.255 e. The van der Waals surface area contributed by atoms with E-state index in [0.717, 1.165) is 22.5 Å². The first kappa shape index (κ1) is 18.4. The van der Waals surface area contributed by atoms with Crippen molar-refractivity contribution >= 4 is 23.1 Å². The van der Waals surface area contributed by atoms with E-state index in [1.165, 1.54) is 6.33 Å². The Morgan fingerprint density at radius 3 is 2.52 bits per heavy atom. The molecule has 0 spiro atoms. The van der Waals surface area contributed by atoms with E-state index in [9.17, 15) is 4.79 Å². The average Bonchev–Trinajstić information content (AvgIpc) is 3.26. The molecule has 0 saturated carbocycles. The van der Waals surface area contributed by atoms with Gasteiger partial charge in [0, 0.05) is 35.4 Å². The minimum absolute atomic E-state index is 0.119. The van der Waals surface area contributed by atoms with Gasteiger partial charge in [-0.15, -0.1) is 0 Å². The Morgan fingerprint density at radius 1 is 0.966 bits per heavy atom. The lowest BCUT2D eigenvalue weighted by Crippen LogP contribution is -2.13. The van der Waals surface area contributed by atoms with Crippen LogP contribution in [0.5, 0.6) is 0 Å². The van der Waals surface area contributed by atoms with Gasteiger partial charge in [-0.05, 0) is 55.8 Å². The molecule has 0 aliphatic carbocycles. The first-order valence-corrected chi connectivity index (χ1v) is 9.16. The number of aromatic nitrogens is 4. The highest BCUT2D eigenvalue weighted by Gasteiger charge is 2.10. The van der Waals surface area contributed by atoms with E-state index in [2.05, 4.69) is 25.7 Å². The molecule has 0 atom stereocenters. The van der Waals surface area contributed by atoms with Crippen molar-refractivity contribution < 1.29 is 4.79 Å². The second-order valence-electron chi connectivity index (χ2n) is 6.69. The van der Waals surface area contributed by atoms with Crippen molar-refractivity contribution in [1.29, 1.82) is 0 Å². The summed E-state index contributed by atoms with van der Waals surface area (Å²) in [5.41, 5.74) is 4.25. The molecule has 1 amide bonds. The second kappa shape index (κ2) is 7.93. The van der Waals surface area contributed by atoms with Crippen LogP contribution < -0.4 is 10.6 Å². The molecule has 0 unspecified atom stereocenters. The van der Waals surface area contributed by atoms with Gasteiger partial charge in [0.15, 0.2) is 5.82 Å². The van der Waals surface area contributed by atoms with E-state index >= 15 is 0 Å². The van der Waals surface area contributed by atoms with Crippen LogP contribution in [0.2, 0.25) is 0 Å². The van der Waals surface area contributed by atoms with Gasteiger partial charge >= 0.3 is 0 Å². The summed E-state index contributed by atoms with van der Waals surface area (Å²) in [6, 6.07) is 17.0. The molecule has 2 aromatic heterocycles. The maximum atomic E-state index is 12.6. The summed E-state index contributed by atoms with van der Waals surface area (Å²) < 4.78 is 1.67. The van der Waals surface area contributed by atoms with Crippen molar-refractivity contribution in [2.24, 2.45) is 0 Å². The monoisotopic (exact) mass is 384 g/mol. The zero-order chi connectivity index (χ0) is 20.2. The van der Waals surface area contributed by atoms with Crippen molar-refractivity contribution in [2.45, 2.75) is 13.8 Å². The lowest BCUT2D eigenvalue weighted by Gasteiger charge is -2.10. The Balaban J connectivity index is 1.45. The smallest absolute Gasteiger partial charge is 0.255 e. The molecule has 2 heterocycles. The third-order valence-electron chi connectivity index (χ3n) is 4.44. The van der Waals surface area contributed by atoms with Gasteiger partial charge in [-0.25, -0.2) is 14.6 Å². The Morgan fingerprint density at radius 2 is 1.76 bits per heavy atom. The molecule has 144 valence electrons. The third kappa shape index (κ3) is 4.30. The molecule has 0 fully saturated rings. The van der Waals surface area contributed by atoms with Gasteiger partial charge in [0.2, 0.25) is 0 Å². The topological polar surface area (TPSA) is 84.7 Å². The molecule has 0 radical (unpaired) electrons. The largest absolute Gasteiger partial charge is 0.340 e. The van der Waals surface area contributed by atoms with Crippen LogP contribution in [0, 0.1) is 13.8 Å². The highest BCUT2D eigenvalue weighted by Crippen LogP contribution is 2.20.